The number of nitrogen functional groups attached to an aromatic ring is 1. The smallest absolute Gasteiger partial charge is 0.330 e. The van der Waals surface area contributed by atoms with Gasteiger partial charge in [0.2, 0.25) is 5.82 Å². The third kappa shape index (κ3) is 2.50. The molecule has 8 heteroatoms. The van der Waals surface area contributed by atoms with E-state index in [1.807, 2.05) is 0 Å². The molecule has 0 fully saturated rings. The molecule has 0 radical (unpaired) electrons. The summed E-state index contributed by atoms with van der Waals surface area (Å²) in [6.45, 7) is 1.79. The van der Waals surface area contributed by atoms with Gasteiger partial charge in [-0.05, 0) is 24.6 Å². The molecular weight excluding hydrogens is 291 g/mol. The van der Waals surface area contributed by atoms with E-state index in [9.17, 15) is 10.1 Å². The number of hydrogen-bond donors (Lipinski definition) is 1. The largest absolute Gasteiger partial charge is 0.378 e. The van der Waals surface area contributed by atoms with Gasteiger partial charge in [-0.15, -0.1) is 0 Å². The minimum atomic E-state index is -0.574. The Morgan fingerprint density at radius 1 is 1.47 bits per heavy atom. The number of nitrogens with zero attached hydrogens (tertiary/aromatic N) is 3. The fourth-order valence-electron chi connectivity index (χ4n) is 1.78. The zero-order valence-corrected chi connectivity index (χ0v) is 11.4. The van der Waals surface area contributed by atoms with Gasteiger partial charge in [-0.1, -0.05) is 29.3 Å². The summed E-state index contributed by atoms with van der Waals surface area (Å²) < 4.78 is 1.35. The highest BCUT2D eigenvalue weighted by molar-refractivity contribution is 6.35. The lowest BCUT2D eigenvalue weighted by Crippen LogP contribution is -2.12. The molecule has 2 N–H and O–H groups in total. The van der Waals surface area contributed by atoms with Crippen LogP contribution >= 0.6 is 23.2 Å². The van der Waals surface area contributed by atoms with Crippen molar-refractivity contribution < 1.29 is 4.92 Å². The van der Waals surface area contributed by atoms with E-state index in [1.54, 1.807) is 25.1 Å². The molecule has 6 nitrogen and oxygen atoms in total. The zero-order chi connectivity index (χ0) is 14.2. The summed E-state index contributed by atoms with van der Waals surface area (Å²) in [6.07, 6.45) is 1.12. The van der Waals surface area contributed by atoms with Crippen LogP contribution in [0.15, 0.2) is 24.4 Å². The fraction of sp³-hybridized carbons (Fsp3) is 0.182. The zero-order valence-electron chi connectivity index (χ0n) is 9.88. The molecule has 0 bridgehead atoms. The Bertz CT molecular complexity index is 642. The average molecular weight is 301 g/mol. The second kappa shape index (κ2) is 5.07. The minimum absolute atomic E-state index is 0.0106. The summed E-state index contributed by atoms with van der Waals surface area (Å²) in [5.74, 6) is -0.0106. The van der Waals surface area contributed by atoms with Crippen LogP contribution in [0.1, 0.15) is 18.5 Å². The highest BCUT2D eigenvalue weighted by atomic mass is 35.5. The Kier molecular flexibility index (Phi) is 3.64. The number of aromatic nitrogens is 2. The van der Waals surface area contributed by atoms with Crippen molar-refractivity contribution in [3.05, 3.63) is 50.1 Å². The Balaban J connectivity index is 2.44. The molecule has 2 aromatic rings. The summed E-state index contributed by atoms with van der Waals surface area (Å²) >= 11 is 11.9. The first kappa shape index (κ1) is 13.6. The van der Waals surface area contributed by atoms with Gasteiger partial charge in [0, 0.05) is 10.0 Å². The number of rotatable bonds is 3. The van der Waals surface area contributed by atoms with Crippen LogP contribution in [0.25, 0.3) is 0 Å². The van der Waals surface area contributed by atoms with Crippen LogP contribution in [-0.2, 0) is 0 Å². The normalized spacial score (nSPS) is 12.4. The molecule has 1 atom stereocenters. The maximum Gasteiger partial charge on any atom is 0.330 e. The van der Waals surface area contributed by atoms with E-state index in [-0.39, 0.29) is 17.5 Å². The van der Waals surface area contributed by atoms with Crippen LogP contribution < -0.4 is 5.73 Å². The number of halogens is 2. The van der Waals surface area contributed by atoms with Gasteiger partial charge in [-0.25, -0.2) is 4.68 Å². The quantitative estimate of drug-likeness (QED) is 0.696. The van der Waals surface area contributed by atoms with Gasteiger partial charge in [0.25, 0.3) is 0 Å². The lowest BCUT2D eigenvalue weighted by atomic mass is 10.1. The molecule has 2 rings (SSSR count). The van der Waals surface area contributed by atoms with E-state index >= 15 is 0 Å². The van der Waals surface area contributed by atoms with Gasteiger partial charge in [-0.3, -0.25) is 10.1 Å². The van der Waals surface area contributed by atoms with E-state index in [0.29, 0.717) is 10.0 Å². The van der Waals surface area contributed by atoms with Crippen molar-refractivity contribution >= 4 is 34.7 Å². The van der Waals surface area contributed by atoms with E-state index < -0.39 is 4.92 Å². The molecule has 0 amide bonds. The molecule has 0 aliphatic carbocycles. The van der Waals surface area contributed by atoms with Crippen molar-refractivity contribution in [2.24, 2.45) is 0 Å². The lowest BCUT2D eigenvalue weighted by Gasteiger charge is -2.15. The van der Waals surface area contributed by atoms with Crippen LogP contribution in [0.5, 0.6) is 0 Å². The van der Waals surface area contributed by atoms with Gasteiger partial charge < -0.3 is 5.73 Å². The summed E-state index contributed by atoms with van der Waals surface area (Å²) in [7, 11) is 0. The maximum absolute atomic E-state index is 10.7. The van der Waals surface area contributed by atoms with Crippen molar-refractivity contribution in [1.82, 2.24) is 9.78 Å². The van der Waals surface area contributed by atoms with E-state index in [4.69, 9.17) is 28.9 Å². The maximum atomic E-state index is 10.7. The topological polar surface area (TPSA) is 87.0 Å². The van der Waals surface area contributed by atoms with E-state index in [0.717, 1.165) is 11.8 Å². The SMILES string of the molecule is CC(c1ccc(Cl)cc1Cl)n1ncc([N+](=O)[O-])c1N. The molecule has 100 valence electrons. The van der Waals surface area contributed by atoms with Crippen LogP contribution in [0.3, 0.4) is 0 Å². The van der Waals surface area contributed by atoms with Crippen molar-refractivity contribution in [2.75, 3.05) is 5.73 Å². The molecule has 0 saturated heterocycles. The molecule has 0 aliphatic rings. The molecule has 1 unspecified atom stereocenters. The van der Waals surface area contributed by atoms with Crippen LogP contribution in [-0.4, -0.2) is 14.7 Å². The van der Waals surface area contributed by atoms with Crippen molar-refractivity contribution in [2.45, 2.75) is 13.0 Å². The van der Waals surface area contributed by atoms with Gasteiger partial charge in [0.15, 0.2) is 0 Å². The molecular formula is C11H10Cl2N4O2. The molecule has 1 aromatic carbocycles. The van der Waals surface area contributed by atoms with Gasteiger partial charge in [0.05, 0.1) is 11.0 Å². The first-order valence-electron chi connectivity index (χ1n) is 5.34. The van der Waals surface area contributed by atoms with Crippen molar-refractivity contribution in [3.63, 3.8) is 0 Å². The predicted molar refractivity (Wildman–Crippen MR) is 73.6 cm³/mol. The first-order valence-corrected chi connectivity index (χ1v) is 6.09. The molecule has 0 spiro atoms. The molecule has 0 aliphatic heterocycles. The Morgan fingerprint density at radius 2 is 2.16 bits per heavy atom. The Hall–Kier alpha value is -1.79. The van der Waals surface area contributed by atoms with E-state index in [1.165, 1.54) is 4.68 Å². The summed E-state index contributed by atoms with van der Waals surface area (Å²) in [5.41, 5.74) is 6.22. The average Bonchev–Trinajstić information content (AvgIpc) is 2.70. The standard InChI is InChI=1S/C11H10Cl2N4O2/c1-6(8-3-2-7(12)4-9(8)13)16-11(14)10(5-15-16)17(18)19/h2-6H,14H2,1H3. The number of hydrogen-bond acceptors (Lipinski definition) is 4. The number of nitro groups is 1. The summed E-state index contributed by atoms with van der Waals surface area (Å²) in [5, 5.41) is 15.6. The minimum Gasteiger partial charge on any atom is -0.378 e. The Morgan fingerprint density at radius 3 is 2.68 bits per heavy atom. The Labute approximate surface area is 118 Å². The molecule has 1 heterocycles. The second-order valence-corrected chi connectivity index (χ2v) is 4.80. The lowest BCUT2D eigenvalue weighted by molar-refractivity contribution is -0.384. The number of nitrogens with two attached hydrogens (primary N) is 1. The highest BCUT2D eigenvalue weighted by Gasteiger charge is 2.22. The van der Waals surface area contributed by atoms with Crippen molar-refractivity contribution in [3.8, 4) is 0 Å². The van der Waals surface area contributed by atoms with Crippen LogP contribution in [0, 0.1) is 10.1 Å². The molecule has 1 aromatic heterocycles. The van der Waals surface area contributed by atoms with Crippen molar-refractivity contribution in [1.29, 1.82) is 0 Å². The predicted octanol–water partition coefficient (Wildman–Crippen LogP) is 3.29. The number of anilines is 1. The fourth-order valence-corrected chi connectivity index (χ4v) is 2.35. The molecule has 19 heavy (non-hydrogen) atoms. The second-order valence-electron chi connectivity index (χ2n) is 3.96. The third-order valence-electron chi connectivity index (χ3n) is 2.79. The van der Waals surface area contributed by atoms with Gasteiger partial charge in [0.1, 0.15) is 6.20 Å². The summed E-state index contributed by atoms with van der Waals surface area (Å²) in [6, 6.07) is 4.69. The first-order chi connectivity index (χ1) is 8.91. The van der Waals surface area contributed by atoms with E-state index in [2.05, 4.69) is 5.10 Å². The highest BCUT2D eigenvalue weighted by Crippen LogP contribution is 2.31. The van der Waals surface area contributed by atoms with Gasteiger partial charge in [-0.2, -0.15) is 5.10 Å². The third-order valence-corrected chi connectivity index (χ3v) is 3.35. The number of benzene rings is 1. The van der Waals surface area contributed by atoms with Crippen LogP contribution in [0.2, 0.25) is 10.0 Å². The summed E-state index contributed by atoms with van der Waals surface area (Å²) in [4.78, 5) is 10.2. The van der Waals surface area contributed by atoms with Crippen LogP contribution in [0.4, 0.5) is 11.5 Å². The van der Waals surface area contributed by atoms with Gasteiger partial charge >= 0.3 is 5.69 Å². The monoisotopic (exact) mass is 300 g/mol. The molecule has 0 saturated carbocycles.